The molecule has 2 amide bonds. The van der Waals surface area contributed by atoms with Gasteiger partial charge >= 0.3 is 12.0 Å². The zero-order valence-electron chi connectivity index (χ0n) is 11.6. The van der Waals surface area contributed by atoms with Gasteiger partial charge in [-0.2, -0.15) is 0 Å². The van der Waals surface area contributed by atoms with Gasteiger partial charge in [0.1, 0.15) is 6.04 Å². The molecule has 1 saturated heterocycles. The lowest BCUT2D eigenvalue weighted by molar-refractivity contribution is -0.143. The largest absolute Gasteiger partial charge is 0.480 e. The Labute approximate surface area is 114 Å². The molecule has 2 rings (SSSR count). The van der Waals surface area contributed by atoms with E-state index in [1.165, 1.54) is 30.6 Å². The Morgan fingerprint density at radius 3 is 2.42 bits per heavy atom. The molecule has 2 unspecified atom stereocenters. The van der Waals surface area contributed by atoms with Crippen LogP contribution in [0, 0.1) is 5.92 Å². The van der Waals surface area contributed by atoms with Gasteiger partial charge in [0.2, 0.25) is 0 Å². The van der Waals surface area contributed by atoms with Crippen LogP contribution in [0.1, 0.15) is 51.9 Å². The van der Waals surface area contributed by atoms with Gasteiger partial charge in [-0.3, -0.25) is 0 Å². The molecule has 0 radical (unpaired) electrons. The maximum atomic E-state index is 12.2. The van der Waals surface area contributed by atoms with Crippen molar-refractivity contribution in [3.8, 4) is 0 Å². The molecular formula is C14H24N2O3. The van der Waals surface area contributed by atoms with Crippen LogP contribution < -0.4 is 5.32 Å². The number of piperidine rings is 1. The summed E-state index contributed by atoms with van der Waals surface area (Å²) >= 11 is 0. The smallest absolute Gasteiger partial charge is 0.326 e. The van der Waals surface area contributed by atoms with E-state index in [1.807, 2.05) is 6.92 Å². The molecule has 2 N–H and O–H groups in total. The van der Waals surface area contributed by atoms with Crippen LogP contribution in [0.2, 0.25) is 0 Å². The highest BCUT2D eigenvalue weighted by molar-refractivity contribution is 5.83. The monoisotopic (exact) mass is 268 g/mol. The third-order valence-electron chi connectivity index (χ3n) is 4.51. The fraction of sp³-hybridized carbons (Fsp3) is 0.857. The number of carboxylic acid groups (broad SMARTS) is 1. The quantitative estimate of drug-likeness (QED) is 0.824. The zero-order chi connectivity index (χ0) is 13.8. The molecule has 1 aliphatic heterocycles. The lowest BCUT2D eigenvalue weighted by atomic mass is 9.99. The van der Waals surface area contributed by atoms with E-state index in [0.717, 1.165) is 12.8 Å². The number of carbonyl (C=O) groups excluding carboxylic acids is 1. The van der Waals surface area contributed by atoms with Crippen LogP contribution in [0.15, 0.2) is 0 Å². The summed E-state index contributed by atoms with van der Waals surface area (Å²) in [6.45, 7) is 2.59. The van der Waals surface area contributed by atoms with Crippen LogP contribution in [0.5, 0.6) is 0 Å². The second-order valence-corrected chi connectivity index (χ2v) is 5.83. The Kier molecular flexibility index (Phi) is 4.66. The first-order valence-corrected chi connectivity index (χ1v) is 7.39. The number of urea groups is 1. The maximum absolute atomic E-state index is 12.2. The molecule has 0 aromatic rings. The van der Waals surface area contributed by atoms with Crippen molar-refractivity contribution in [1.82, 2.24) is 10.2 Å². The van der Waals surface area contributed by atoms with Gasteiger partial charge in [-0.15, -0.1) is 0 Å². The SMILES string of the molecule is CC(NC(=O)N1CCCCC1C(=O)O)C1CCCC1. The predicted octanol–water partition coefficient (Wildman–Crippen LogP) is 2.21. The highest BCUT2D eigenvalue weighted by atomic mass is 16.4. The Morgan fingerprint density at radius 2 is 1.79 bits per heavy atom. The summed E-state index contributed by atoms with van der Waals surface area (Å²) < 4.78 is 0. The average Bonchev–Trinajstić information content (AvgIpc) is 2.92. The number of carbonyl (C=O) groups is 2. The first-order valence-electron chi connectivity index (χ1n) is 7.39. The molecule has 2 fully saturated rings. The van der Waals surface area contributed by atoms with Crippen LogP contribution in [0.3, 0.4) is 0 Å². The van der Waals surface area contributed by atoms with Gasteiger partial charge in [0.15, 0.2) is 0 Å². The normalized spacial score (nSPS) is 26.2. The number of hydrogen-bond acceptors (Lipinski definition) is 2. The number of likely N-dealkylation sites (tertiary alicyclic amines) is 1. The molecule has 1 saturated carbocycles. The Hall–Kier alpha value is -1.26. The molecule has 1 aliphatic carbocycles. The molecule has 108 valence electrons. The lowest BCUT2D eigenvalue weighted by Gasteiger charge is -2.34. The standard InChI is InChI=1S/C14H24N2O3/c1-10(11-6-2-3-7-11)15-14(19)16-9-5-4-8-12(16)13(17)18/h10-12H,2-9H2,1H3,(H,15,19)(H,17,18). The number of aliphatic carboxylic acids is 1. The number of carboxylic acids is 1. The third kappa shape index (κ3) is 3.39. The maximum Gasteiger partial charge on any atom is 0.326 e. The van der Waals surface area contributed by atoms with E-state index in [2.05, 4.69) is 5.32 Å². The number of hydrogen-bond donors (Lipinski definition) is 2. The number of nitrogens with zero attached hydrogens (tertiary/aromatic N) is 1. The van der Waals surface area contributed by atoms with Crippen molar-refractivity contribution < 1.29 is 14.7 Å². The van der Waals surface area contributed by atoms with Crippen LogP contribution >= 0.6 is 0 Å². The molecule has 2 aliphatic rings. The minimum Gasteiger partial charge on any atom is -0.480 e. The molecule has 19 heavy (non-hydrogen) atoms. The van der Waals surface area contributed by atoms with Crippen molar-refractivity contribution in [3.63, 3.8) is 0 Å². The van der Waals surface area contributed by atoms with Crippen LogP contribution in [-0.4, -0.2) is 40.6 Å². The van der Waals surface area contributed by atoms with E-state index in [0.29, 0.717) is 18.9 Å². The minimum absolute atomic E-state index is 0.145. The van der Waals surface area contributed by atoms with E-state index < -0.39 is 12.0 Å². The van der Waals surface area contributed by atoms with Crippen LogP contribution in [0.25, 0.3) is 0 Å². The Balaban J connectivity index is 1.91. The van der Waals surface area contributed by atoms with Crippen molar-refractivity contribution in [2.45, 2.75) is 64.0 Å². The number of nitrogens with one attached hydrogen (secondary N) is 1. The number of rotatable bonds is 3. The van der Waals surface area contributed by atoms with E-state index in [9.17, 15) is 14.7 Å². The molecule has 0 bridgehead atoms. The molecule has 0 aromatic carbocycles. The summed E-state index contributed by atoms with van der Waals surface area (Å²) in [5.41, 5.74) is 0. The van der Waals surface area contributed by atoms with Crippen molar-refractivity contribution in [3.05, 3.63) is 0 Å². The second-order valence-electron chi connectivity index (χ2n) is 5.83. The second kappa shape index (κ2) is 6.26. The highest BCUT2D eigenvalue weighted by Crippen LogP contribution is 2.27. The van der Waals surface area contributed by atoms with Crippen molar-refractivity contribution in [2.75, 3.05) is 6.54 Å². The topological polar surface area (TPSA) is 69.6 Å². The van der Waals surface area contributed by atoms with Crippen molar-refractivity contribution in [1.29, 1.82) is 0 Å². The van der Waals surface area contributed by atoms with Gasteiger partial charge < -0.3 is 15.3 Å². The van der Waals surface area contributed by atoms with Gasteiger partial charge in [-0.05, 0) is 44.9 Å². The van der Waals surface area contributed by atoms with Crippen molar-refractivity contribution in [2.24, 2.45) is 5.92 Å². The first-order chi connectivity index (χ1) is 9.09. The molecule has 1 heterocycles. The third-order valence-corrected chi connectivity index (χ3v) is 4.51. The first kappa shape index (κ1) is 14.2. The van der Waals surface area contributed by atoms with Crippen LogP contribution in [0.4, 0.5) is 4.79 Å². The van der Waals surface area contributed by atoms with Gasteiger partial charge in [0, 0.05) is 12.6 Å². The zero-order valence-corrected chi connectivity index (χ0v) is 11.6. The van der Waals surface area contributed by atoms with Gasteiger partial charge in [0.25, 0.3) is 0 Å². The van der Waals surface area contributed by atoms with Crippen LogP contribution in [-0.2, 0) is 4.79 Å². The summed E-state index contributed by atoms with van der Waals surface area (Å²) in [5.74, 6) is -0.333. The fourth-order valence-electron chi connectivity index (χ4n) is 3.28. The molecular weight excluding hydrogens is 244 g/mol. The summed E-state index contributed by atoms with van der Waals surface area (Å²) in [6.07, 6.45) is 7.18. The predicted molar refractivity (Wildman–Crippen MR) is 71.9 cm³/mol. The highest BCUT2D eigenvalue weighted by Gasteiger charge is 2.33. The molecule has 2 atom stereocenters. The van der Waals surface area contributed by atoms with Gasteiger partial charge in [0.05, 0.1) is 0 Å². The minimum atomic E-state index is -0.886. The lowest BCUT2D eigenvalue weighted by Crippen LogP contribution is -2.54. The van der Waals surface area contributed by atoms with Crippen molar-refractivity contribution >= 4 is 12.0 Å². The summed E-state index contributed by atoms with van der Waals surface area (Å²) in [4.78, 5) is 24.9. The van der Waals surface area contributed by atoms with Gasteiger partial charge in [-0.25, -0.2) is 9.59 Å². The Bertz CT molecular complexity index is 340. The van der Waals surface area contributed by atoms with E-state index in [4.69, 9.17) is 0 Å². The molecule has 5 nitrogen and oxygen atoms in total. The molecule has 0 spiro atoms. The van der Waals surface area contributed by atoms with E-state index in [-0.39, 0.29) is 12.1 Å². The summed E-state index contributed by atoms with van der Waals surface area (Å²) in [5, 5.41) is 12.2. The molecule has 0 aromatic heterocycles. The summed E-state index contributed by atoms with van der Waals surface area (Å²) in [7, 11) is 0. The fourth-order valence-corrected chi connectivity index (χ4v) is 3.28. The number of amides is 2. The summed E-state index contributed by atoms with van der Waals surface area (Å²) in [6, 6.07) is -0.706. The van der Waals surface area contributed by atoms with E-state index >= 15 is 0 Å². The van der Waals surface area contributed by atoms with Gasteiger partial charge in [-0.1, -0.05) is 12.8 Å². The Morgan fingerprint density at radius 1 is 1.16 bits per heavy atom. The van der Waals surface area contributed by atoms with E-state index in [1.54, 1.807) is 0 Å². The average molecular weight is 268 g/mol. The molecule has 5 heteroatoms.